The molecule has 0 radical (unpaired) electrons. The molecule has 0 aliphatic carbocycles. The number of ether oxygens (including phenoxy) is 1. The Labute approximate surface area is 62.1 Å². The van der Waals surface area contributed by atoms with Gasteiger partial charge in [0.05, 0.1) is 13.0 Å². The molecule has 1 aliphatic heterocycles. The van der Waals surface area contributed by atoms with Gasteiger partial charge in [-0.15, -0.1) is 0 Å². The minimum atomic E-state index is -4.15. The molecule has 0 spiro atoms. The lowest BCUT2D eigenvalue weighted by Crippen LogP contribution is -2.22. The molecule has 11 heavy (non-hydrogen) atoms. The van der Waals surface area contributed by atoms with Crippen molar-refractivity contribution in [2.75, 3.05) is 6.54 Å². The van der Waals surface area contributed by atoms with Gasteiger partial charge >= 0.3 is 6.18 Å². The summed E-state index contributed by atoms with van der Waals surface area (Å²) in [5, 5.41) is 0. The van der Waals surface area contributed by atoms with Crippen LogP contribution in [0.1, 0.15) is 13.3 Å². The first kappa shape index (κ1) is 8.36. The van der Waals surface area contributed by atoms with E-state index < -0.39 is 18.7 Å². The van der Waals surface area contributed by atoms with E-state index >= 15 is 0 Å². The molecule has 64 valence electrons. The largest absolute Gasteiger partial charge is 0.476 e. The van der Waals surface area contributed by atoms with Crippen LogP contribution >= 0.6 is 0 Å². The fourth-order valence-electron chi connectivity index (χ4n) is 0.910. The van der Waals surface area contributed by atoms with Gasteiger partial charge in [0.25, 0.3) is 0 Å². The maximum Gasteiger partial charge on any atom is 0.392 e. The summed E-state index contributed by atoms with van der Waals surface area (Å²) in [5.41, 5.74) is 0. The van der Waals surface area contributed by atoms with E-state index in [-0.39, 0.29) is 6.54 Å². The summed E-state index contributed by atoms with van der Waals surface area (Å²) in [6.07, 6.45) is -5.85. The molecule has 0 amide bonds. The smallest absolute Gasteiger partial charge is 0.392 e. The number of alkyl halides is 3. The van der Waals surface area contributed by atoms with Crippen molar-refractivity contribution >= 4 is 5.90 Å². The summed E-state index contributed by atoms with van der Waals surface area (Å²) in [7, 11) is 0. The van der Waals surface area contributed by atoms with Crippen LogP contribution in [-0.2, 0) is 4.74 Å². The fraction of sp³-hybridized carbons (Fsp3) is 0.833. The second-order valence-electron chi connectivity index (χ2n) is 2.42. The molecular formula is C6H8F3NO. The molecule has 1 rings (SSSR count). The van der Waals surface area contributed by atoms with Crippen LogP contribution in [0.2, 0.25) is 0 Å². The van der Waals surface area contributed by atoms with Gasteiger partial charge in [0.15, 0.2) is 5.90 Å². The van der Waals surface area contributed by atoms with Crippen LogP contribution in [0.15, 0.2) is 4.99 Å². The van der Waals surface area contributed by atoms with Crippen LogP contribution < -0.4 is 0 Å². The molecular weight excluding hydrogens is 159 g/mol. The third-order valence-electron chi connectivity index (χ3n) is 1.31. The number of nitrogens with zero attached hydrogens (tertiary/aromatic N) is 1. The molecule has 0 saturated heterocycles. The van der Waals surface area contributed by atoms with Crippen LogP contribution in [0.25, 0.3) is 0 Å². The highest BCUT2D eigenvalue weighted by atomic mass is 19.4. The van der Waals surface area contributed by atoms with E-state index in [0.717, 1.165) is 0 Å². The van der Waals surface area contributed by atoms with Gasteiger partial charge in [-0.25, -0.2) is 0 Å². The van der Waals surface area contributed by atoms with Gasteiger partial charge in [-0.1, -0.05) is 0 Å². The molecule has 0 aromatic heterocycles. The van der Waals surface area contributed by atoms with Crippen molar-refractivity contribution in [1.82, 2.24) is 0 Å². The van der Waals surface area contributed by atoms with Gasteiger partial charge in [0.2, 0.25) is 0 Å². The Morgan fingerprint density at radius 2 is 2.27 bits per heavy atom. The first-order chi connectivity index (χ1) is 4.97. The van der Waals surface area contributed by atoms with Gasteiger partial charge in [-0.05, 0) is 0 Å². The Kier molecular flexibility index (Phi) is 2.06. The maximum atomic E-state index is 11.7. The maximum absolute atomic E-state index is 11.7. The van der Waals surface area contributed by atoms with E-state index in [9.17, 15) is 13.2 Å². The minimum absolute atomic E-state index is 0.130. The van der Waals surface area contributed by atoms with Crippen LogP contribution in [0.5, 0.6) is 0 Å². The molecule has 1 aliphatic rings. The monoisotopic (exact) mass is 167 g/mol. The van der Waals surface area contributed by atoms with Crippen molar-refractivity contribution in [2.24, 2.45) is 4.99 Å². The van der Waals surface area contributed by atoms with Gasteiger partial charge in [-0.2, -0.15) is 13.2 Å². The second kappa shape index (κ2) is 2.71. The van der Waals surface area contributed by atoms with E-state index in [1.165, 1.54) is 0 Å². The highest BCUT2D eigenvalue weighted by molar-refractivity contribution is 5.74. The zero-order valence-corrected chi connectivity index (χ0v) is 5.98. The molecule has 5 heteroatoms. The number of hydrogen-bond acceptors (Lipinski definition) is 2. The Hall–Kier alpha value is -0.740. The zero-order valence-electron chi connectivity index (χ0n) is 5.98. The number of rotatable bonds is 1. The van der Waals surface area contributed by atoms with E-state index in [0.29, 0.717) is 5.90 Å². The average Bonchev–Trinajstić information content (AvgIpc) is 2.10. The van der Waals surface area contributed by atoms with Gasteiger partial charge in [0, 0.05) is 6.92 Å². The molecule has 0 aromatic rings. The topological polar surface area (TPSA) is 21.6 Å². The highest BCUT2D eigenvalue weighted by Crippen LogP contribution is 2.24. The van der Waals surface area contributed by atoms with Gasteiger partial charge < -0.3 is 4.74 Å². The molecule has 1 atom stereocenters. The molecule has 0 aromatic carbocycles. The van der Waals surface area contributed by atoms with Crippen LogP contribution in [-0.4, -0.2) is 24.7 Å². The van der Waals surface area contributed by atoms with Crippen LogP contribution in [0, 0.1) is 0 Å². The van der Waals surface area contributed by atoms with E-state index in [4.69, 9.17) is 4.74 Å². The number of aliphatic imine (C=N–C) groups is 1. The lowest BCUT2D eigenvalue weighted by molar-refractivity contribution is -0.149. The summed E-state index contributed by atoms with van der Waals surface area (Å²) in [4.78, 5) is 3.70. The van der Waals surface area contributed by atoms with Crippen molar-refractivity contribution in [3.63, 3.8) is 0 Å². The van der Waals surface area contributed by atoms with E-state index in [2.05, 4.69) is 4.99 Å². The Morgan fingerprint density at radius 3 is 2.64 bits per heavy atom. The lowest BCUT2D eigenvalue weighted by atomic mass is 10.2. The summed E-state index contributed by atoms with van der Waals surface area (Å²) >= 11 is 0. The quantitative estimate of drug-likeness (QED) is 0.583. The second-order valence-corrected chi connectivity index (χ2v) is 2.42. The first-order valence-electron chi connectivity index (χ1n) is 3.22. The van der Waals surface area contributed by atoms with Crippen molar-refractivity contribution in [3.05, 3.63) is 0 Å². The highest BCUT2D eigenvalue weighted by Gasteiger charge is 2.34. The van der Waals surface area contributed by atoms with E-state index in [1.54, 1.807) is 6.92 Å². The van der Waals surface area contributed by atoms with Crippen molar-refractivity contribution in [1.29, 1.82) is 0 Å². The van der Waals surface area contributed by atoms with E-state index in [1.807, 2.05) is 0 Å². The summed E-state index contributed by atoms with van der Waals surface area (Å²) in [6, 6.07) is 0. The molecule has 0 bridgehead atoms. The molecule has 0 saturated carbocycles. The molecule has 1 heterocycles. The SMILES string of the molecule is CC1=NC[C@H](CC(F)(F)F)O1. The lowest BCUT2D eigenvalue weighted by Gasteiger charge is -2.11. The third-order valence-corrected chi connectivity index (χ3v) is 1.31. The standard InChI is InChI=1S/C6H8F3NO/c1-4-10-3-5(11-4)2-6(7,8)9/h5H,2-3H2,1H3/t5-/m0/s1. The number of halogens is 3. The Morgan fingerprint density at radius 1 is 1.64 bits per heavy atom. The fourth-order valence-corrected chi connectivity index (χ4v) is 0.910. The average molecular weight is 167 g/mol. The molecule has 0 unspecified atom stereocenters. The van der Waals surface area contributed by atoms with Gasteiger partial charge in [-0.3, -0.25) is 4.99 Å². The van der Waals surface area contributed by atoms with Gasteiger partial charge in [0.1, 0.15) is 6.10 Å². The Balaban J connectivity index is 2.32. The minimum Gasteiger partial charge on any atom is -0.476 e. The molecule has 0 N–H and O–H groups in total. The predicted octanol–water partition coefficient (Wildman–Crippen LogP) is 1.76. The van der Waals surface area contributed by atoms with Crippen LogP contribution in [0.3, 0.4) is 0 Å². The third kappa shape index (κ3) is 2.78. The summed E-state index contributed by atoms with van der Waals surface area (Å²) in [6.45, 7) is 1.68. The summed E-state index contributed by atoms with van der Waals surface area (Å²) < 4.78 is 39.9. The van der Waals surface area contributed by atoms with Crippen molar-refractivity contribution in [2.45, 2.75) is 25.6 Å². The van der Waals surface area contributed by atoms with Crippen LogP contribution in [0.4, 0.5) is 13.2 Å². The zero-order chi connectivity index (χ0) is 8.48. The normalized spacial score (nSPS) is 24.7. The predicted molar refractivity (Wildman–Crippen MR) is 33.5 cm³/mol. The van der Waals surface area contributed by atoms with Crippen molar-refractivity contribution < 1.29 is 17.9 Å². The van der Waals surface area contributed by atoms with Crippen molar-refractivity contribution in [3.8, 4) is 0 Å². The summed E-state index contributed by atoms with van der Waals surface area (Å²) in [5.74, 6) is 0.347. The Bertz CT molecular complexity index is 175. The molecule has 2 nitrogen and oxygen atoms in total. The number of hydrogen-bond donors (Lipinski definition) is 0. The first-order valence-corrected chi connectivity index (χ1v) is 3.22. The molecule has 0 fully saturated rings.